The molecule has 0 aromatic heterocycles. The van der Waals surface area contributed by atoms with Gasteiger partial charge in [-0.05, 0) is 46.5 Å². The number of alkyl halides is 3. The van der Waals surface area contributed by atoms with Crippen molar-refractivity contribution >= 4 is 46.9 Å². The molecule has 1 fully saturated rings. The predicted molar refractivity (Wildman–Crippen MR) is 165 cm³/mol. The lowest BCUT2D eigenvalue weighted by molar-refractivity contribution is -0.192. The van der Waals surface area contributed by atoms with Crippen molar-refractivity contribution in [2.45, 2.75) is 37.6 Å². The molecule has 3 amide bonds. The minimum absolute atomic E-state index is 0.0489. The Kier molecular flexibility index (Phi) is 11.3. The van der Waals surface area contributed by atoms with Crippen LogP contribution in [0.3, 0.4) is 0 Å². The van der Waals surface area contributed by atoms with E-state index in [9.17, 15) is 27.6 Å². The third-order valence-corrected chi connectivity index (χ3v) is 8.21. The van der Waals surface area contributed by atoms with Crippen LogP contribution in [0.15, 0.2) is 72.8 Å². The highest BCUT2D eigenvalue weighted by Gasteiger charge is 2.38. The van der Waals surface area contributed by atoms with Crippen LogP contribution in [0.25, 0.3) is 0 Å². The molecule has 9 nitrogen and oxygen atoms in total. The van der Waals surface area contributed by atoms with Crippen molar-refractivity contribution in [3.05, 3.63) is 105 Å². The van der Waals surface area contributed by atoms with E-state index in [1.165, 1.54) is 0 Å². The topological polar surface area (TPSA) is 124 Å². The van der Waals surface area contributed by atoms with E-state index in [2.05, 4.69) is 0 Å². The van der Waals surface area contributed by atoms with Crippen molar-refractivity contribution in [3.63, 3.8) is 0 Å². The number of fused-ring (bicyclic) bond motifs is 1. The number of carbonyl (C=O) groups excluding carboxylic acids is 3. The first kappa shape index (κ1) is 34.7. The third kappa shape index (κ3) is 8.77. The van der Waals surface area contributed by atoms with Gasteiger partial charge in [0.15, 0.2) is 0 Å². The quantitative estimate of drug-likeness (QED) is 0.390. The van der Waals surface area contributed by atoms with Gasteiger partial charge in [-0.25, -0.2) is 4.79 Å². The van der Waals surface area contributed by atoms with Crippen LogP contribution < -0.4 is 5.73 Å². The minimum atomic E-state index is -5.08. The second kappa shape index (κ2) is 15.0. The molecule has 244 valence electrons. The molecule has 5 rings (SSSR count). The molecule has 2 heterocycles. The lowest BCUT2D eigenvalue weighted by Crippen LogP contribution is -2.53. The molecule has 1 saturated heterocycles. The number of carbonyl (C=O) groups is 4. The third-order valence-electron chi connectivity index (χ3n) is 7.70. The molecule has 0 saturated carbocycles. The summed E-state index contributed by atoms with van der Waals surface area (Å²) in [5, 5.41) is 8.32. The molecule has 0 spiro atoms. The summed E-state index contributed by atoms with van der Waals surface area (Å²) in [4.78, 5) is 53.7. The monoisotopic (exact) mass is 678 g/mol. The fourth-order valence-corrected chi connectivity index (χ4v) is 5.53. The van der Waals surface area contributed by atoms with Crippen molar-refractivity contribution in [1.29, 1.82) is 0 Å². The molecule has 3 N–H and O–H groups in total. The number of halogens is 5. The van der Waals surface area contributed by atoms with E-state index in [1.807, 2.05) is 48.5 Å². The summed E-state index contributed by atoms with van der Waals surface area (Å²) in [5.41, 5.74) is 10.1. The van der Waals surface area contributed by atoms with Crippen LogP contribution in [-0.2, 0) is 32.3 Å². The molecule has 46 heavy (non-hydrogen) atoms. The smallest absolute Gasteiger partial charge is 0.475 e. The van der Waals surface area contributed by atoms with Crippen LogP contribution in [-0.4, -0.2) is 81.9 Å². The average molecular weight is 680 g/mol. The molecule has 3 aromatic rings. The number of aliphatic carboxylic acids is 1. The number of rotatable bonds is 6. The van der Waals surface area contributed by atoms with E-state index in [1.54, 1.807) is 39.0 Å². The molecule has 1 atom stereocenters. The van der Waals surface area contributed by atoms with Crippen molar-refractivity contribution < 1.29 is 37.5 Å². The number of carboxylic acids is 1. The normalized spacial score (nSPS) is 15.2. The molecule has 14 heteroatoms. The summed E-state index contributed by atoms with van der Waals surface area (Å²) >= 11 is 12.2. The first-order valence-corrected chi connectivity index (χ1v) is 15.0. The summed E-state index contributed by atoms with van der Waals surface area (Å²) in [6.07, 6.45) is -5.14. The highest BCUT2D eigenvalue weighted by atomic mass is 35.5. The van der Waals surface area contributed by atoms with E-state index < -0.39 is 24.1 Å². The second-order valence-corrected chi connectivity index (χ2v) is 11.7. The van der Waals surface area contributed by atoms with Gasteiger partial charge in [-0.3, -0.25) is 14.4 Å². The SMILES string of the molecule is N[C@@H](CC(=O)N1CCN(C(=O)C(c2ccc(Cl)cc2)c2ccc(Cl)cc2)CC1)C(=O)N1Cc2ccccc2C1.O=C(O)C(F)(F)F. The molecule has 2 aliphatic heterocycles. The van der Waals surface area contributed by atoms with Crippen LogP contribution in [0.5, 0.6) is 0 Å². The first-order valence-electron chi connectivity index (χ1n) is 14.2. The van der Waals surface area contributed by atoms with Crippen molar-refractivity contribution in [2.24, 2.45) is 5.73 Å². The van der Waals surface area contributed by atoms with Crippen LogP contribution in [0, 0.1) is 0 Å². The van der Waals surface area contributed by atoms with Gasteiger partial charge >= 0.3 is 12.1 Å². The van der Waals surface area contributed by atoms with E-state index >= 15 is 0 Å². The lowest BCUT2D eigenvalue weighted by Gasteiger charge is -2.37. The van der Waals surface area contributed by atoms with E-state index in [0.717, 1.165) is 22.3 Å². The number of hydrogen-bond acceptors (Lipinski definition) is 5. The summed E-state index contributed by atoms with van der Waals surface area (Å²) in [6.45, 7) is 2.59. The highest BCUT2D eigenvalue weighted by molar-refractivity contribution is 6.30. The van der Waals surface area contributed by atoms with Gasteiger partial charge in [0.05, 0.1) is 18.4 Å². The standard InChI is InChI=1S/C30H30Cl2N4O3.C2HF3O2/c31-24-9-5-20(6-10-24)28(21-7-11-25(32)12-8-21)30(39)35-15-13-34(14-16-35)27(37)17-26(33)29(38)36-18-22-3-1-2-4-23(22)19-36;3-2(4,5)1(6)7/h1-12,26,28H,13-19,33H2;(H,6,7)/t26-;/m0./s1. The number of nitrogens with two attached hydrogens (primary N) is 1. The number of piperazine rings is 1. The zero-order valence-corrected chi connectivity index (χ0v) is 25.9. The van der Waals surface area contributed by atoms with Gasteiger partial charge in [0.25, 0.3) is 0 Å². The number of hydrogen-bond donors (Lipinski definition) is 2. The zero-order valence-electron chi connectivity index (χ0n) is 24.4. The minimum Gasteiger partial charge on any atom is -0.475 e. The van der Waals surface area contributed by atoms with Crippen molar-refractivity contribution in [2.75, 3.05) is 26.2 Å². The van der Waals surface area contributed by atoms with Crippen LogP contribution in [0.1, 0.15) is 34.6 Å². The Morgan fingerprint density at radius 3 is 1.54 bits per heavy atom. The molecule has 2 aliphatic rings. The first-order chi connectivity index (χ1) is 21.7. The Bertz CT molecular complexity index is 1490. The van der Waals surface area contributed by atoms with Gasteiger partial charge in [-0.2, -0.15) is 13.2 Å². The lowest BCUT2D eigenvalue weighted by atomic mass is 9.89. The Balaban J connectivity index is 0.000000617. The van der Waals surface area contributed by atoms with Crippen molar-refractivity contribution in [3.8, 4) is 0 Å². The molecular formula is C32H31Cl2F3N4O5. The average Bonchev–Trinajstić information content (AvgIpc) is 3.47. The van der Waals surface area contributed by atoms with Gasteiger partial charge < -0.3 is 25.5 Å². The Labute approximate surface area is 273 Å². The number of amides is 3. The van der Waals surface area contributed by atoms with Gasteiger partial charge in [-0.1, -0.05) is 71.7 Å². The van der Waals surface area contributed by atoms with Crippen LogP contribution >= 0.6 is 23.2 Å². The maximum absolute atomic E-state index is 13.7. The van der Waals surface area contributed by atoms with Crippen molar-refractivity contribution in [1.82, 2.24) is 14.7 Å². The van der Waals surface area contributed by atoms with E-state index in [0.29, 0.717) is 49.3 Å². The van der Waals surface area contributed by atoms with Crippen LogP contribution in [0.4, 0.5) is 13.2 Å². The van der Waals surface area contributed by atoms with E-state index in [-0.39, 0.29) is 24.1 Å². The zero-order chi connectivity index (χ0) is 33.6. The molecule has 0 aliphatic carbocycles. The molecule has 0 radical (unpaired) electrons. The molecule has 0 bridgehead atoms. The Hall–Kier alpha value is -4.13. The van der Waals surface area contributed by atoms with Gasteiger partial charge in [0, 0.05) is 49.3 Å². The predicted octanol–water partition coefficient (Wildman–Crippen LogP) is 4.69. The molecular weight excluding hydrogens is 648 g/mol. The fraction of sp³-hybridized carbons (Fsp3) is 0.312. The Morgan fingerprint density at radius 2 is 1.13 bits per heavy atom. The number of benzene rings is 3. The summed E-state index contributed by atoms with van der Waals surface area (Å²) in [6, 6.07) is 21.5. The summed E-state index contributed by atoms with van der Waals surface area (Å²) in [7, 11) is 0. The largest absolute Gasteiger partial charge is 0.490 e. The molecule has 0 unspecified atom stereocenters. The highest BCUT2D eigenvalue weighted by Crippen LogP contribution is 2.30. The summed E-state index contributed by atoms with van der Waals surface area (Å²) < 4.78 is 31.7. The fourth-order valence-electron chi connectivity index (χ4n) is 5.27. The number of nitrogens with zero attached hydrogens (tertiary/aromatic N) is 3. The van der Waals surface area contributed by atoms with Gasteiger partial charge in [0.2, 0.25) is 17.7 Å². The maximum Gasteiger partial charge on any atom is 0.490 e. The summed E-state index contributed by atoms with van der Waals surface area (Å²) in [5.74, 6) is -3.72. The maximum atomic E-state index is 13.7. The Morgan fingerprint density at radius 1 is 0.717 bits per heavy atom. The van der Waals surface area contributed by atoms with Crippen LogP contribution in [0.2, 0.25) is 10.0 Å². The molecule has 3 aromatic carbocycles. The number of carboxylic acid groups (broad SMARTS) is 1. The van der Waals surface area contributed by atoms with Gasteiger partial charge in [-0.15, -0.1) is 0 Å². The second-order valence-electron chi connectivity index (χ2n) is 10.8. The van der Waals surface area contributed by atoms with Gasteiger partial charge in [0.1, 0.15) is 0 Å². The van der Waals surface area contributed by atoms with E-state index in [4.69, 9.17) is 38.8 Å².